The first-order valence-electron chi connectivity index (χ1n) is 6.78. The summed E-state index contributed by atoms with van der Waals surface area (Å²) < 4.78 is 15.4. The number of aliphatic hydroxyl groups is 6. The first-order valence-corrected chi connectivity index (χ1v) is 6.78. The lowest BCUT2D eigenvalue weighted by Crippen LogP contribution is -2.63. The van der Waals surface area contributed by atoms with Crippen molar-refractivity contribution in [3.05, 3.63) is 0 Å². The fraction of sp³-hybridized carbons (Fsp3) is 1.00. The zero-order valence-electron chi connectivity index (χ0n) is 11.7. The standard InChI is InChI=1S/C12H22O9/c1-3-5(13)7(15)8(16)12(20-3)21-10-6(14)4(2)19-11(18)9(10)17/h3-18H,1-2H3/t3-,4+,5-,6+,7+,8+,9-,10-,11?,12-/m1/s1. The highest BCUT2D eigenvalue weighted by atomic mass is 16.7. The molecular weight excluding hydrogens is 288 g/mol. The van der Waals surface area contributed by atoms with Crippen molar-refractivity contribution in [1.82, 2.24) is 0 Å². The molecule has 21 heavy (non-hydrogen) atoms. The highest BCUT2D eigenvalue weighted by Gasteiger charge is 2.48. The van der Waals surface area contributed by atoms with E-state index in [9.17, 15) is 30.6 Å². The normalized spacial score (nSPS) is 55.4. The van der Waals surface area contributed by atoms with Crippen LogP contribution in [0.5, 0.6) is 0 Å². The molecule has 0 aromatic heterocycles. The lowest BCUT2D eigenvalue weighted by atomic mass is 9.97. The minimum Gasteiger partial charge on any atom is -0.388 e. The molecule has 0 amide bonds. The summed E-state index contributed by atoms with van der Waals surface area (Å²) in [5.74, 6) is 0. The van der Waals surface area contributed by atoms with Gasteiger partial charge in [0, 0.05) is 0 Å². The smallest absolute Gasteiger partial charge is 0.187 e. The lowest BCUT2D eigenvalue weighted by Gasteiger charge is -2.44. The fourth-order valence-corrected chi connectivity index (χ4v) is 2.45. The number of aliphatic hydroxyl groups excluding tert-OH is 6. The molecule has 1 unspecified atom stereocenters. The zero-order chi connectivity index (χ0) is 15.9. The minimum absolute atomic E-state index is 0.804. The molecule has 2 heterocycles. The van der Waals surface area contributed by atoms with Gasteiger partial charge in [-0.2, -0.15) is 0 Å². The van der Waals surface area contributed by atoms with Gasteiger partial charge in [0.15, 0.2) is 12.6 Å². The van der Waals surface area contributed by atoms with Gasteiger partial charge >= 0.3 is 0 Å². The van der Waals surface area contributed by atoms with Crippen LogP contribution >= 0.6 is 0 Å². The average Bonchev–Trinajstić information content (AvgIpc) is 2.44. The van der Waals surface area contributed by atoms with Gasteiger partial charge in [0.25, 0.3) is 0 Å². The van der Waals surface area contributed by atoms with E-state index in [4.69, 9.17) is 14.2 Å². The Labute approximate surface area is 121 Å². The molecule has 9 heteroatoms. The molecule has 2 fully saturated rings. The van der Waals surface area contributed by atoms with Crippen molar-refractivity contribution in [2.45, 2.75) is 75.3 Å². The van der Waals surface area contributed by atoms with E-state index in [0.29, 0.717) is 0 Å². The van der Waals surface area contributed by atoms with Crippen LogP contribution in [-0.2, 0) is 14.2 Å². The summed E-state index contributed by atoms with van der Waals surface area (Å²) in [6.07, 6.45) is -13.0. The van der Waals surface area contributed by atoms with Crippen LogP contribution in [0.4, 0.5) is 0 Å². The van der Waals surface area contributed by atoms with E-state index in [1.165, 1.54) is 13.8 Å². The molecule has 2 rings (SSSR count). The summed E-state index contributed by atoms with van der Waals surface area (Å²) in [7, 11) is 0. The van der Waals surface area contributed by atoms with Crippen LogP contribution in [0.3, 0.4) is 0 Å². The SMILES string of the molecule is C[C@@H]1OC(O)[C@H](O)[C@H](O[C@H]2O[C@H](C)[C@@H](O)[C@H](O)[C@@H]2O)[C@H]1O. The molecular formula is C12H22O9. The van der Waals surface area contributed by atoms with Gasteiger partial charge in [0.05, 0.1) is 12.2 Å². The number of rotatable bonds is 2. The Morgan fingerprint density at radius 1 is 0.667 bits per heavy atom. The Kier molecular flexibility index (Phi) is 5.19. The van der Waals surface area contributed by atoms with E-state index in [0.717, 1.165) is 0 Å². The van der Waals surface area contributed by atoms with Gasteiger partial charge in [-0.05, 0) is 13.8 Å². The van der Waals surface area contributed by atoms with Gasteiger partial charge in [-0.15, -0.1) is 0 Å². The number of hydrogen-bond acceptors (Lipinski definition) is 9. The third kappa shape index (κ3) is 3.21. The van der Waals surface area contributed by atoms with Gasteiger partial charge in [0.1, 0.15) is 36.6 Å². The van der Waals surface area contributed by atoms with Crippen LogP contribution in [0.2, 0.25) is 0 Å². The van der Waals surface area contributed by atoms with Crippen molar-refractivity contribution in [1.29, 1.82) is 0 Å². The quantitative estimate of drug-likeness (QED) is 0.308. The largest absolute Gasteiger partial charge is 0.388 e. The van der Waals surface area contributed by atoms with E-state index in [1.807, 2.05) is 0 Å². The molecule has 0 bridgehead atoms. The predicted octanol–water partition coefficient (Wildman–Crippen LogP) is -3.34. The summed E-state index contributed by atoms with van der Waals surface area (Å²) in [4.78, 5) is 0. The van der Waals surface area contributed by atoms with Crippen molar-refractivity contribution in [3.8, 4) is 0 Å². The molecule has 0 aromatic carbocycles. The minimum atomic E-state index is -1.56. The molecule has 0 radical (unpaired) electrons. The molecule has 9 nitrogen and oxygen atoms in total. The summed E-state index contributed by atoms with van der Waals surface area (Å²) in [5.41, 5.74) is 0. The summed E-state index contributed by atoms with van der Waals surface area (Å²) >= 11 is 0. The van der Waals surface area contributed by atoms with Crippen LogP contribution in [0.1, 0.15) is 13.8 Å². The predicted molar refractivity (Wildman–Crippen MR) is 65.8 cm³/mol. The second kappa shape index (κ2) is 6.41. The van der Waals surface area contributed by atoms with Gasteiger partial charge in [0.2, 0.25) is 0 Å². The highest BCUT2D eigenvalue weighted by Crippen LogP contribution is 2.28. The van der Waals surface area contributed by atoms with Crippen molar-refractivity contribution >= 4 is 0 Å². The van der Waals surface area contributed by atoms with Crippen molar-refractivity contribution in [3.63, 3.8) is 0 Å². The monoisotopic (exact) mass is 310 g/mol. The van der Waals surface area contributed by atoms with Gasteiger partial charge in [-0.3, -0.25) is 0 Å². The van der Waals surface area contributed by atoms with Gasteiger partial charge < -0.3 is 44.8 Å². The molecule has 10 atom stereocenters. The van der Waals surface area contributed by atoms with E-state index >= 15 is 0 Å². The molecule has 0 saturated carbocycles. The Morgan fingerprint density at radius 2 is 1.24 bits per heavy atom. The molecule has 0 spiro atoms. The molecule has 2 saturated heterocycles. The highest BCUT2D eigenvalue weighted by molar-refractivity contribution is 4.92. The van der Waals surface area contributed by atoms with E-state index in [-0.39, 0.29) is 0 Å². The Hall–Kier alpha value is -0.360. The van der Waals surface area contributed by atoms with Crippen LogP contribution < -0.4 is 0 Å². The Morgan fingerprint density at radius 3 is 1.86 bits per heavy atom. The summed E-state index contributed by atoms with van der Waals surface area (Å²) in [5, 5.41) is 58.4. The fourth-order valence-electron chi connectivity index (χ4n) is 2.45. The van der Waals surface area contributed by atoms with Crippen molar-refractivity contribution in [2.24, 2.45) is 0 Å². The number of hydrogen-bond donors (Lipinski definition) is 6. The maximum Gasteiger partial charge on any atom is 0.187 e. The zero-order valence-corrected chi connectivity index (χ0v) is 11.7. The lowest BCUT2D eigenvalue weighted by molar-refractivity contribution is -0.349. The van der Waals surface area contributed by atoms with Gasteiger partial charge in [-0.1, -0.05) is 0 Å². The van der Waals surface area contributed by atoms with Crippen molar-refractivity contribution in [2.75, 3.05) is 0 Å². The van der Waals surface area contributed by atoms with Crippen molar-refractivity contribution < 1.29 is 44.8 Å². The maximum absolute atomic E-state index is 9.96. The molecule has 6 N–H and O–H groups in total. The average molecular weight is 310 g/mol. The Bertz CT molecular complexity index is 340. The van der Waals surface area contributed by atoms with Crippen LogP contribution in [0.25, 0.3) is 0 Å². The summed E-state index contributed by atoms with van der Waals surface area (Å²) in [6.45, 7) is 2.96. The van der Waals surface area contributed by atoms with Crippen LogP contribution in [0.15, 0.2) is 0 Å². The second-order valence-corrected chi connectivity index (χ2v) is 5.50. The molecule has 2 aliphatic heterocycles. The molecule has 0 aliphatic carbocycles. The molecule has 124 valence electrons. The molecule has 0 aromatic rings. The third-order valence-corrected chi connectivity index (χ3v) is 3.90. The third-order valence-electron chi connectivity index (χ3n) is 3.90. The second-order valence-electron chi connectivity index (χ2n) is 5.50. The summed E-state index contributed by atoms with van der Waals surface area (Å²) in [6, 6.07) is 0. The first-order chi connectivity index (χ1) is 9.73. The van der Waals surface area contributed by atoms with Crippen LogP contribution in [-0.4, -0.2) is 92.1 Å². The number of ether oxygens (including phenoxy) is 3. The van der Waals surface area contributed by atoms with E-state index < -0.39 is 61.4 Å². The Balaban J connectivity index is 2.08. The van der Waals surface area contributed by atoms with Gasteiger partial charge in [-0.25, -0.2) is 0 Å². The first kappa shape index (κ1) is 17.0. The van der Waals surface area contributed by atoms with E-state index in [1.54, 1.807) is 0 Å². The van der Waals surface area contributed by atoms with Crippen LogP contribution in [0, 0.1) is 0 Å². The van der Waals surface area contributed by atoms with E-state index in [2.05, 4.69) is 0 Å². The topological polar surface area (TPSA) is 149 Å². The maximum atomic E-state index is 9.96. The molecule has 2 aliphatic rings.